The fraction of sp³-hybridized carbons (Fsp3) is 0.867. The molecule has 0 aromatic rings. The van der Waals surface area contributed by atoms with E-state index in [1.165, 1.54) is 12.8 Å². The van der Waals surface area contributed by atoms with Gasteiger partial charge in [0.1, 0.15) is 5.54 Å². The van der Waals surface area contributed by atoms with Crippen molar-refractivity contribution in [1.29, 1.82) is 0 Å². The minimum Gasteiger partial charge on any atom is -0.340 e. The van der Waals surface area contributed by atoms with Crippen molar-refractivity contribution in [2.45, 2.75) is 65.3 Å². The Hall–Kier alpha value is -1.06. The summed E-state index contributed by atoms with van der Waals surface area (Å²) in [6, 6.07) is 0. The van der Waals surface area contributed by atoms with Crippen molar-refractivity contribution in [2.24, 2.45) is 5.92 Å². The summed E-state index contributed by atoms with van der Waals surface area (Å²) in [6.07, 6.45) is 5.21. The molecule has 1 rings (SSSR count). The highest BCUT2D eigenvalue weighted by atomic mass is 16.2. The van der Waals surface area contributed by atoms with Crippen molar-refractivity contribution in [3.8, 4) is 0 Å². The van der Waals surface area contributed by atoms with Crippen molar-refractivity contribution >= 4 is 11.8 Å². The van der Waals surface area contributed by atoms with Crippen molar-refractivity contribution < 1.29 is 9.59 Å². The Morgan fingerprint density at radius 3 is 2.53 bits per heavy atom. The number of unbranched alkanes of at least 4 members (excludes halogenated alkanes) is 1. The SMILES string of the molecule is CCCCC(CC)CN1CC(=O)NC(C)(CC)C1=O. The van der Waals surface area contributed by atoms with Crippen LogP contribution in [0.1, 0.15) is 59.8 Å². The lowest BCUT2D eigenvalue weighted by molar-refractivity contribution is -0.150. The fourth-order valence-electron chi connectivity index (χ4n) is 2.61. The van der Waals surface area contributed by atoms with E-state index in [0.29, 0.717) is 12.3 Å². The molecule has 0 aliphatic carbocycles. The molecule has 0 aromatic heterocycles. The average Bonchev–Trinajstić information content (AvgIpc) is 2.39. The Morgan fingerprint density at radius 1 is 1.32 bits per heavy atom. The van der Waals surface area contributed by atoms with Gasteiger partial charge >= 0.3 is 0 Å². The molecule has 0 bridgehead atoms. The molecule has 1 fully saturated rings. The molecule has 4 heteroatoms. The monoisotopic (exact) mass is 268 g/mol. The number of nitrogens with zero attached hydrogens (tertiary/aromatic N) is 1. The summed E-state index contributed by atoms with van der Waals surface area (Å²) < 4.78 is 0. The third kappa shape index (κ3) is 3.95. The topological polar surface area (TPSA) is 49.4 Å². The van der Waals surface area contributed by atoms with Crippen LogP contribution < -0.4 is 5.32 Å². The first-order valence-electron chi connectivity index (χ1n) is 7.57. The van der Waals surface area contributed by atoms with Crippen molar-refractivity contribution in [3.05, 3.63) is 0 Å². The van der Waals surface area contributed by atoms with Gasteiger partial charge in [-0.2, -0.15) is 0 Å². The number of carbonyl (C=O) groups is 2. The van der Waals surface area contributed by atoms with Gasteiger partial charge in [-0.15, -0.1) is 0 Å². The minimum atomic E-state index is -0.710. The number of hydrogen-bond acceptors (Lipinski definition) is 2. The second-order valence-electron chi connectivity index (χ2n) is 5.84. The van der Waals surface area contributed by atoms with Crippen molar-refractivity contribution in [1.82, 2.24) is 10.2 Å². The zero-order valence-corrected chi connectivity index (χ0v) is 12.8. The van der Waals surface area contributed by atoms with E-state index in [9.17, 15) is 9.59 Å². The second-order valence-corrected chi connectivity index (χ2v) is 5.84. The number of piperazine rings is 1. The molecular formula is C15H28N2O2. The van der Waals surface area contributed by atoms with Gasteiger partial charge in [0.2, 0.25) is 11.8 Å². The Bertz CT molecular complexity index is 330. The minimum absolute atomic E-state index is 0.0331. The van der Waals surface area contributed by atoms with Gasteiger partial charge in [-0.1, -0.05) is 40.0 Å². The van der Waals surface area contributed by atoms with Crippen molar-refractivity contribution in [2.75, 3.05) is 13.1 Å². The van der Waals surface area contributed by atoms with Crippen LogP contribution >= 0.6 is 0 Å². The van der Waals surface area contributed by atoms with Gasteiger partial charge in [0, 0.05) is 6.54 Å². The van der Waals surface area contributed by atoms with E-state index in [-0.39, 0.29) is 18.4 Å². The zero-order chi connectivity index (χ0) is 14.5. The number of hydrogen-bond donors (Lipinski definition) is 1. The second kappa shape index (κ2) is 6.92. The highest BCUT2D eigenvalue weighted by Gasteiger charge is 2.41. The summed E-state index contributed by atoms with van der Waals surface area (Å²) in [5.41, 5.74) is -0.710. The molecular weight excluding hydrogens is 240 g/mol. The molecule has 2 atom stereocenters. The largest absolute Gasteiger partial charge is 0.340 e. The summed E-state index contributed by atoms with van der Waals surface area (Å²) in [7, 11) is 0. The van der Waals surface area contributed by atoms with Crippen LogP contribution in [0, 0.1) is 5.92 Å². The summed E-state index contributed by atoms with van der Waals surface area (Å²) in [5, 5.41) is 2.83. The van der Waals surface area contributed by atoms with E-state index in [2.05, 4.69) is 19.2 Å². The van der Waals surface area contributed by atoms with Crippen LogP contribution in [0.3, 0.4) is 0 Å². The maximum atomic E-state index is 12.5. The Kier molecular flexibility index (Phi) is 5.83. The van der Waals surface area contributed by atoms with Crippen LogP contribution in [-0.4, -0.2) is 35.3 Å². The summed E-state index contributed by atoms with van der Waals surface area (Å²) in [5.74, 6) is 0.551. The first-order valence-corrected chi connectivity index (χ1v) is 7.57. The van der Waals surface area contributed by atoms with Gasteiger partial charge < -0.3 is 10.2 Å². The average molecular weight is 268 g/mol. The predicted molar refractivity (Wildman–Crippen MR) is 76.7 cm³/mol. The molecule has 1 saturated heterocycles. The van der Waals surface area contributed by atoms with E-state index in [1.54, 1.807) is 4.90 Å². The molecule has 1 aliphatic heterocycles. The molecule has 2 amide bonds. The van der Waals surface area contributed by atoms with E-state index in [4.69, 9.17) is 0 Å². The molecule has 1 N–H and O–H groups in total. The lowest BCUT2D eigenvalue weighted by Crippen LogP contribution is -2.65. The number of rotatable bonds is 7. The molecule has 1 heterocycles. The van der Waals surface area contributed by atoms with Crippen LogP contribution in [-0.2, 0) is 9.59 Å². The highest BCUT2D eigenvalue weighted by molar-refractivity contribution is 5.97. The molecule has 110 valence electrons. The van der Waals surface area contributed by atoms with Gasteiger partial charge in [0.25, 0.3) is 0 Å². The molecule has 0 spiro atoms. The fourth-order valence-corrected chi connectivity index (χ4v) is 2.61. The molecule has 4 nitrogen and oxygen atoms in total. The smallest absolute Gasteiger partial charge is 0.248 e. The van der Waals surface area contributed by atoms with Crippen LogP contribution in [0.25, 0.3) is 0 Å². The summed E-state index contributed by atoms with van der Waals surface area (Å²) in [6.45, 7) is 9.05. The predicted octanol–water partition coefficient (Wildman–Crippen LogP) is 2.33. The third-order valence-corrected chi connectivity index (χ3v) is 4.24. The van der Waals surface area contributed by atoms with Crippen LogP contribution in [0.5, 0.6) is 0 Å². The maximum absolute atomic E-state index is 12.5. The molecule has 2 unspecified atom stereocenters. The van der Waals surface area contributed by atoms with Gasteiger partial charge in [-0.05, 0) is 25.7 Å². The first-order chi connectivity index (χ1) is 8.96. The lowest BCUT2D eigenvalue weighted by Gasteiger charge is -2.40. The Morgan fingerprint density at radius 2 is 2.00 bits per heavy atom. The molecule has 1 aliphatic rings. The maximum Gasteiger partial charge on any atom is 0.248 e. The van der Waals surface area contributed by atoms with Gasteiger partial charge in [-0.3, -0.25) is 9.59 Å². The zero-order valence-electron chi connectivity index (χ0n) is 12.8. The molecule has 0 saturated carbocycles. The molecule has 0 radical (unpaired) electrons. The summed E-state index contributed by atoms with van der Waals surface area (Å²) in [4.78, 5) is 26.0. The first kappa shape index (κ1) is 16.0. The Labute approximate surface area is 116 Å². The lowest BCUT2D eigenvalue weighted by atomic mass is 9.92. The number of nitrogens with one attached hydrogen (secondary N) is 1. The number of amides is 2. The van der Waals surface area contributed by atoms with Crippen LogP contribution in [0.2, 0.25) is 0 Å². The third-order valence-electron chi connectivity index (χ3n) is 4.24. The quantitative estimate of drug-likeness (QED) is 0.770. The summed E-state index contributed by atoms with van der Waals surface area (Å²) >= 11 is 0. The van der Waals surface area contributed by atoms with Crippen LogP contribution in [0.4, 0.5) is 0 Å². The standard InChI is InChI=1S/C15H28N2O2/c1-5-8-9-12(6-2)10-17-11-13(18)16-15(4,7-3)14(17)19/h12H,5-11H2,1-4H3,(H,16,18). The van der Waals surface area contributed by atoms with E-state index in [1.807, 2.05) is 13.8 Å². The highest BCUT2D eigenvalue weighted by Crippen LogP contribution is 2.21. The Balaban J connectivity index is 2.69. The molecule has 0 aromatic carbocycles. The number of carbonyl (C=O) groups excluding carboxylic acids is 2. The van der Waals surface area contributed by atoms with Crippen LogP contribution in [0.15, 0.2) is 0 Å². The van der Waals surface area contributed by atoms with E-state index in [0.717, 1.165) is 19.4 Å². The van der Waals surface area contributed by atoms with Crippen molar-refractivity contribution in [3.63, 3.8) is 0 Å². The molecule has 19 heavy (non-hydrogen) atoms. The van der Waals surface area contributed by atoms with Gasteiger partial charge in [-0.25, -0.2) is 0 Å². The van der Waals surface area contributed by atoms with Gasteiger partial charge in [0.05, 0.1) is 6.54 Å². The van der Waals surface area contributed by atoms with Gasteiger partial charge in [0.15, 0.2) is 0 Å². The van der Waals surface area contributed by atoms with E-state index >= 15 is 0 Å². The normalized spacial score (nSPS) is 25.4. The van der Waals surface area contributed by atoms with E-state index < -0.39 is 5.54 Å².